The molecule has 0 saturated heterocycles. The molecule has 1 atom stereocenters. The van der Waals surface area contributed by atoms with Crippen LogP contribution in [0.5, 0.6) is 0 Å². The molecule has 12 heteroatoms. The maximum atomic E-state index is 13.1. The highest BCUT2D eigenvalue weighted by molar-refractivity contribution is 7.92. The number of urea groups is 1. The van der Waals surface area contributed by atoms with Crippen LogP contribution in [-0.4, -0.2) is 45.6 Å². The number of anilines is 1. The molecule has 0 fully saturated rings. The number of hydrogen-bond acceptors (Lipinski definition) is 7. The van der Waals surface area contributed by atoms with Crippen molar-refractivity contribution < 1.29 is 36.7 Å². The molecule has 0 aliphatic carbocycles. The predicted molar refractivity (Wildman–Crippen MR) is 119 cm³/mol. The second-order valence-electron chi connectivity index (χ2n) is 7.11. The van der Waals surface area contributed by atoms with Crippen LogP contribution >= 0.6 is 0 Å². The molecule has 34 heavy (non-hydrogen) atoms. The summed E-state index contributed by atoms with van der Waals surface area (Å²) in [7, 11) is -4.12. The minimum atomic E-state index is -4.12. The molecule has 3 rings (SSSR count). The first-order chi connectivity index (χ1) is 16.1. The summed E-state index contributed by atoms with van der Waals surface area (Å²) in [4.78, 5) is 36.7. The molecule has 0 bridgehead atoms. The number of benzene rings is 2. The fraction of sp³-hybridized carbons (Fsp3) is 0.227. The van der Waals surface area contributed by atoms with Gasteiger partial charge in [-0.25, -0.2) is 27.2 Å². The Hall–Kier alpha value is -3.93. The van der Waals surface area contributed by atoms with Crippen LogP contribution < -0.4 is 15.4 Å². The van der Waals surface area contributed by atoms with Crippen molar-refractivity contribution in [3.8, 4) is 0 Å². The van der Waals surface area contributed by atoms with Gasteiger partial charge in [0.25, 0.3) is 10.0 Å². The maximum absolute atomic E-state index is 13.1. The highest BCUT2D eigenvalue weighted by atomic mass is 32.2. The first-order valence-electron chi connectivity index (χ1n) is 10.1. The molecule has 3 N–H and O–H groups in total. The predicted octanol–water partition coefficient (Wildman–Crippen LogP) is 2.30. The third-order valence-electron chi connectivity index (χ3n) is 4.73. The lowest BCUT2D eigenvalue weighted by Crippen LogP contribution is -2.50. The number of nitrogens with one attached hydrogen (secondary N) is 3. The van der Waals surface area contributed by atoms with Gasteiger partial charge in [0.05, 0.1) is 40.1 Å². The van der Waals surface area contributed by atoms with Gasteiger partial charge < -0.3 is 20.1 Å². The van der Waals surface area contributed by atoms with Crippen LogP contribution in [0.1, 0.15) is 24.2 Å². The summed E-state index contributed by atoms with van der Waals surface area (Å²) in [5.41, 5.74) is -0.0362. The summed E-state index contributed by atoms with van der Waals surface area (Å²) < 4.78 is 51.0. The molecule has 1 aliphatic rings. The van der Waals surface area contributed by atoms with Crippen molar-refractivity contribution in [2.45, 2.75) is 24.8 Å². The first kappa shape index (κ1) is 24.7. The van der Waals surface area contributed by atoms with Gasteiger partial charge in [0.15, 0.2) is 0 Å². The van der Waals surface area contributed by atoms with Crippen molar-refractivity contribution >= 4 is 33.7 Å². The maximum Gasteiger partial charge on any atom is 0.340 e. The quantitative estimate of drug-likeness (QED) is 0.482. The van der Waals surface area contributed by atoms with E-state index in [1.165, 1.54) is 24.3 Å². The van der Waals surface area contributed by atoms with Crippen molar-refractivity contribution in [2.24, 2.45) is 0 Å². The molecule has 0 spiro atoms. The molecule has 10 nitrogen and oxygen atoms in total. The monoisotopic (exact) mass is 491 g/mol. The average molecular weight is 491 g/mol. The Labute approximate surface area is 195 Å². The van der Waals surface area contributed by atoms with E-state index >= 15 is 0 Å². The Morgan fingerprint density at radius 2 is 1.74 bits per heavy atom. The minimum Gasteiger partial charge on any atom is -0.463 e. The number of carbonyl (C=O) groups is 3. The molecule has 1 aliphatic heterocycles. The van der Waals surface area contributed by atoms with E-state index in [4.69, 9.17) is 9.47 Å². The lowest BCUT2D eigenvalue weighted by Gasteiger charge is -2.26. The molecule has 180 valence electrons. The van der Waals surface area contributed by atoms with Gasteiger partial charge in [-0.3, -0.25) is 4.72 Å². The number of ether oxygens (including phenoxy) is 2. The lowest BCUT2D eigenvalue weighted by atomic mass is 10.0. The number of halogens is 1. The molecule has 1 heterocycles. The van der Waals surface area contributed by atoms with E-state index in [2.05, 4.69) is 15.4 Å². The summed E-state index contributed by atoms with van der Waals surface area (Å²) >= 11 is 0. The van der Waals surface area contributed by atoms with Crippen LogP contribution in [-0.2, 0) is 24.3 Å². The standard InChI is InChI=1S/C22H22FN3O7S/c1-3-32-21(28)19-13(2)24-22(29)25-18(19)12-33-20(27)16-6-4-5-7-17(16)26-34(30,31)15-10-8-14(23)9-11-15/h4-11,13,26H,3,12H2,1-2H3,(H2,24,25,29)/t13-/m1/s1. The molecule has 2 aromatic rings. The van der Waals surface area contributed by atoms with Crippen LogP contribution in [0.3, 0.4) is 0 Å². The molecular formula is C22H22FN3O7S. The molecule has 0 aromatic heterocycles. The topological polar surface area (TPSA) is 140 Å². The second kappa shape index (κ2) is 10.3. The van der Waals surface area contributed by atoms with E-state index in [9.17, 15) is 27.2 Å². The fourth-order valence-corrected chi connectivity index (χ4v) is 4.26. The number of sulfonamides is 1. The molecule has 0 unspecified atom stereocenters. The molecule has 0 saturated carbocycles. The smallest absolute Gasteiger partial charge is 0.340 e. The summed E-state index contributed by atoms with van der Waals surface area (Å²) in [5.74, 6) is -2.19. The van der Waals surface area contributed by atoms with Crippen LogP contribution in [0.25, 0.3) is 0 Å². The summed E-state index contributed by atoms with van der Waals surface area (Å²) in [6.07, 6.45) is 0. The highest BCUT2D eigenvalue weighted by Gasteiger charge is 2.30. The van der Waals surface area contributed by atoms with Gasteiger partial charge >= 0.3 is 18.0 Å². The van der Waals surface area contributed by atoms with E-state index < -0.39 is 46.5 Å². The van der Waals surface area contributed by atoms with Gasteiger partial charge in [-0.2, -0.15) is 0 Å². The third kappa shape index (κ3) is 5.70. The average Bonchev–Trinajstić information content (AvgIpc) is 2.77. The molecular weight excluding hydrogens is 469 g/mol. The summed E-state index contributed by atoms with van der Waals surface area (Å²) in [6, 6.07) is 8.61. The SMILES string of the molecule is CCOC(=O)C1=C(COC(=O)c2ccccc2NS(=O)(=O)c2ccc(F)cc2)NC(=O)N[C@@H]1C. The number of rotatable bonds is 8. The second-order valence-corrected chi connectivity index (χ2v) is 8.80. The van der Waals surface area contributed by atoms with Crippen molar-refractivity contribution in [1.29, 1.82) is 0 Å². The van der Waals surface area contributed by atoms with E-state index in [0.29, 0.717) is 0 Å². The van der Waals surface area contributed by atoms with E-state index in [1.54, 1.807) is 13.8 Å². The highest BCUT2D eigenvalue weighted by Crippen LogP contribution is 2.22. The van der Waals surface area contributed by atoms with Gasteiger partial charge in [0, 0.05) is 0 Å². The van der Waals surface area contributed by atoms with Gasteiger partial charge in [0.2, 0.25) is 0 Å². The zero-order valence-electron chi connectivity index (χ0n) is 18.3. The molecule has 2 amide bonds. The van der Waals surface area contributed by atoms with E-state index in [-0.39, 0.29) is 34.0 Å². The summed E-state index contributed by atoms with van der Waals surface area (Å²) in [5, 5.41) is 4.95. The fourth-order valence-electron chi connectivity index (χ4n) is 3.18. The Morgan fingerprint density at radius 1 is 1.06 bits per heavy atom. The minimum absolute atomic E-state index is 0.0485. The number of amides is 2. The van der Waals surface area contributed by atoms with Crippen molar-refractivity contribution in [1.82, 2.24) is 10.6 Å². The lowest BCUT2D eigenvalue weighted by molar-refractivity contribution is -0.139. The van der Waals surface area contributed by atoms with E-state index in [0.717, 1.165) is 24.3 Å². The van der Waals surface area contributed by atoms with Crippen LogP contribution in [0, 0.1) is 5.82 Å². The summed E-state index contributed by atoms with van der Waals surface area (Å²) in [6.45, 7) is 2.84. The van der Waals surface area contributed by atoms with Crippen LogP contribution in [0.4, 0.5) is 14.9 Å². The zero-order chi connectivity index (χ0) is 24.9. The Balaban J connectivity index is 1.82. The largest absolute Gasteiger partial charge is 0.463 e. The van der Waals surface area contributed by atoms with Crippen LogP contribution in [0.2, 0.25) is 0 Å². The van der Waals surface area contributed by atoms with Crippen molar-refractivity contribution in [3.63, 3.8) is 0 Å². The number of para-hydroxylation sites is 1. The van der Waals surface area contributed by atoms with Gasteiger partial charge in [-0.05, 0) is 50.2 Å². The number of hydrogen-bond donors (Lipinski definition) is 3. The van der Waals surface area contributed by atoms with Crippen LogP contribution in [0.15, 0.2) is 64.7 Å². The van der Waals surface area contributed by atoms with Gasteiger partial charge in [-0.15, -0.1) is 0 Å². The zero-order valence-corrected chi connectivity index (χ0v) is 19.1. The Morgan fingerprint density at radius 3 is 2.41 bits per heavy atom. The van der Waals surface area contributed by atoms with Crippen molar-refractivity contribution in [2.75, 3.05) is 17.9 Å². The normalized spacial score (nSPS) is 15.7. The number of esters is 2. The van der Waals surface area contributed by atoms with E-state index in [1.807, 2.05) is 0 Å². The molecule has 0 radical (unpaired) electrons. The van der Waals surface area contributed by atoms with Crippen molar-refractivity contribution in [3.05, 3.63) is 71.2 Å². The van der Waals surface area contributed by atoms with Gasteiger partial charge in [0.1, 0.15) is 12.4 Å². The Bertz CT molecular complexity index is 1240. The first-order valence-corrected chi connectivity index (χ1v) is 11.6. The number of carbonyl (C=O) groups excluding carboxylic acids is 3. The Kier molecular flexibility index (Phi) is 7.51. The third-order valence-corrected chi connectivity index (χ3v) is 6.11. The molecule has 2 aromatic carbocycles. The van der Waals surface area contributed by atoms with Gasteiger partial charge in [-0.1, -0.05) is 12.1 Å².